The third-order valence-electron chi connectivity index (χ3n) is 6.98. The number of hydrogen-bond acceptors (Lipinski definition) is 19. The third kappa shape index (κ3) is 5.92. The molecule has 12 N–H and O–H groups in total. The van der Waals surface area contributed by atoms with Gasteiger partial charge in [-0.2, -0.15) is 19.8 Å². The Bertz CT molecular complexity index is 1900. The van der Waals surface area contributed by atoms with Crippen LogP contribution in [0.2, 0.25) is 0 Å². The smallest absolute Gasteiger partial charge is 0.387 e. The quantitative estimate of drug-likeness (QED) is 0.0737. The van der Waals surface area contributed by atoms with Gasteiger partial charge in [0, 0.05) is 0 Å². The summed E-state index contributed by atoms with van der Waals surface area (Å²) in [6.45, 7) is -0.824. The van der Waals surface area contributed by atoms with E-state index in [0.717, 1.165) is 10.9 Å². The van der Waals surface area contributed by atoms with Gasteiger partial charge in [-0.3, -0.25) is 28.0 Å². The number of nitrogens with zero attached hydrogens (tertiary/aromatic N) is 7. The number of nitrogens with two attached hydrogens (primary N) is 3. The van der Waals surface area contributed by atoms with E-state index >= 15 is 0 Å². The Morgan fingerprint density at radius 3 is 2.37 bits per heavy atom. The minimum Gasteiger partial charge on any atom is -0.387 e. The van der Waals surface area contributed by atoms with E-state index in [1.807, 2.05) is 0 Å². The number of aromatic amines is 1. The summed E-state index contributed by atoms with van der Waals surface area (Å²) in [5, 5.41) is 32.2. The van der Waals surface area contributed by atoms with Gasteiger partial charge >= 0.3 is 15.9 Å². The van der Waals surface area contributed by atoms with E-state index < -0.39 is 83.6 Å². The summed E-state index contributed by atoms with van der Waals surface area (Å²) in [6.07, 6.45) is -11.4. The summed E-state index contributed by atoms with van der Waals surface area (Å²) in [7, 11) is -8.02. The molecule has 24 nitrogen and oxygen atoms in total. The fourth-order valence-corrected chi connectivity index (χ4v) is 6.16. The number of H-pyrrole nitrogens is 1. The number of nitrogen functional groups attached to an aromatic ring is 3. The number of anilines is 3. The van der Waals surface area contributed by atoms with E-state index in [1.165, 1.54) is 10.9 Å². The molecule has 4 aromatic heterocycles. The van der Waals surface area contributed by atoms with E-state index in [-0.39, 0.29) is 40.0 Å². The molecule has 2 saturated heterocycles. The van der Waals surface area contributed by atoms with Gasteiger partial charge in [0.25, 0.3) is 11.9 Å². The van der Waals surface area contributed by atoms with Crippen molar-refractivity contribution in [1.82, 2.24) is 39.0 Å². The van der Waals surface area contributed by atoms with Crippen LogP contribution in [0.3, 0.4) is 0 Å². The van der Waals surface area contributed by atoms with Crippen LogP contribution < -0.4 is 22.8 Å². The minimum atomic E-state index is -5.19. The maximum Gasteiger partial charge on any atom is 0.534 e. The van der Waals surface area contributed by atoms with Crippen molar-refractivity contribution in [2.45, 2.75) is 49.3 Å². The highest BCUT2D eigenvalue weighted by molar-refractivity contribution is 7.47. The Hall–Kier alpha value is -3.77. The zero-order valence-corrected chi connectivity index (χ0v) is 24.7. The van der Waals surface area contributed by atoms with Gasteiger partial charge in [0.1, 0.15) is 36.0 Å². The molecule has 10 atom stereocenters. The molecule has 2 unspecified atom stereocenters. The summed E-state index contributed by atoms with van der Waals surface area (Å²) >= 11 is 0. The van der Waals surface area contributed by atoms with Gasteiger partial charge in [0.05, 0.1) is 19.3 Å². The Labute approximate surface area is 255 Å². The number of aliphatic hydroxyl groups excluding tert-OH is 3. The van der Waals surface area contributed by atoms with Gasteiger partial charge in [-0.25, -0.2) is 14.5 Å². The van der Waals surface area contributed by atoms with Crippen LogP contribution in [-0.4, -0.2) is 114 Å². The molecule has 6 heterocycles. The van der Waals surface area contributed by atoms with Gasteiger partial charge in [-0.05, 0) is 4.57 Å². The second-order valence-electron chi connectivity index (χ2n) is 9.98. The van der Waals surface area contributed by atoms with Crippen LogP contribution in [-0.2, 0) is 32.4 Å². The highest BCUT2D eigenvalue weighted by Crippen LogP contribution is 2.50. The van der Waals surface area contributed by atoms with Crippen LogP contribution in [0, 0.1) is 0 Å². The first-order valence-electron chi connectivity index (χ1n) is 13.0. The maximum atomic E-state index is 13.1. The first kappa shape index (κ1) is 32.2. The molecule has 0 spiro atoms. The predicted octanol–water partition coefficient (Wildman–Crippen LogP) is -3.25. The molecular weight excluding hydrogens is 664 g/mol. The molecule has 2 aliphatic heterocycles. The molecule has 46 heavy (non-hydrogen) atoms. The molecule has 0 saturated carbocycles. The van der Waals surface area contributed by atoms with Gasteiger partial charge in [-0.1, -0.05) is 0 Å². The Morgan fingerprint density at radius 2 is 1.65 bits per heavy atom. The predicted molar refractivity (Wildman–Crippen MR) is 149 cm³/mol. The van der Waals surface area contributed by atoms with Crippen molar-refractivity contribution in [2.75, 3.05) is 30.2 Å². The number of phosphoric ester groups is 1. The lowest BCUT2D eigenvalue weighted by Crippen LogP contribution is -2.36. The van der Waals surface area contributed by atoms with Crippen molar-refractivity contribution in [2.24, 2.45) is 0 Å². The number of nitrogens with one attached hydrogen (secondary N) is 1. The average Bonchev–Trinajstić information content (AvgIpc) is 3.72. The number of imidazole rings is 2. The summed E-state index contributed by atoms with van der Waals surface area (Å²) in [6, 6.07) is 0. The van der Waals surface area contributed by atoms with E-state index in [1.54, 1.807) is 0 Å². The highest BCUT2D eigenvalue weighted by Gasteiger charge is 2.52. The van der Waals surface area contributed by atoms with Crippen molar-refractivity contribution in [3.8, 4) is 0 Å². The number of fused-ring (bicyclic) bond motifs is 2. The Kier molecular flexibility index (Phi) is 8.47. The first-order valence-corrected chi connectivity index (χ1v) is 15.9. The van der Waals surface area contributed by atoms with Gasteiger partial charge in [-0.15, -0.1) is 0 Å². The van der Waals surface area contributed by atoms with Crippen molar-refractivity contribution in [1.29, 1.82) is 0 Å². The number of aromatic nitrogens is 8. The molecule has 0 aliphatic carbocycles. The highest BCUT2D eigenvalue weighted by atomic mass is 31.2. The van der Waals surface area contributed by atoms with Crippen molar-refractivity contribution < 1.29 is 57.5 Å². The average molecular weight is 690 g/mol. The van der Waals surface area contributed by atoms with Crippen LogP contribution in [0.25, 0.3) is 22.3 Å². The van der Waals surface area contributed by atoms with Crippen LogP contribution >= 0.6 is 15.9 Å². The number of aliphatic hydroxyl groups is 3. The second kappa shape index (κ2) is 12.1. The SMILES string of the molecule is Nc1nc(N)c2ncn([C@@H]3O[C@H](COP(=O)(O)O[C@H]4[C@@H](O)[C@@H](OC[P+](=O)O)O[C@H]4n4cnc5c(=O)[nH]c(N)nc54)[C@H](O)[C@@H]3O)c2n1. The van der Waals surface area contributed by atoms with Crippen molar-refractivity contribution >= 4 is 55.9 Å². The molecule has 2 fully saturated rings. The topological polar surface area (TPSA) is 367 Å². The third-order valence-corrected chi connectivity index (χ3v) is 8.33. The summed E-state index contributed by atoms with van der Waals surface area (Å²) in [4.78, 5) is 54.0. The molecule has 4 aromatic rings. The molecule has 26 heteroatoms. The lowest BCUT2D eigenvalue weighted by molar-refractivity contribution is -0.166. The molecule has 0 amide bonds. The standard InChI is InChI=1S/C20H25N11O13P2/c21-12-6-13(27-19(22)26-12)30(2-24-6)16-9(33)8(32)5(42-16)1-41-46(38,39)44-11-10(34)18(40-4-45(36)37)43-17(11)31-3-25-7-14(31)28-20(23)29-15(7)35/h2-3,5,8-11,16-18,32-34H,1,4H2,(H8-,21,22,23,26,27,28,29,35,36,37,38,39)/p+1/t5-,8+,9+,10-,11+,16-,17-,18+/m1/s1. The number of hydrogen-bond donors (Lipinski definition) is 9. The van der Waals surface area contributed by atoms with Crippen LogP contribution in [0.15, 0.2) is 17.4 Å². The fourth-order valence-electron chi connectivity index (χ4n) is 4.95. The van der Waals surface area contributed by atoms with Gasteiger partial charge in [0.15, 0.2) is 41.4 Å². The second-order valence-corrected chi connectivity index (χ2v) is 12.3. The van der Waals surface area contributed by atoms with Crippen molar-refractivity contribution in [3.63, 3.8) is 0 Å². The zero-order chi connectivity index (χ0) is 33.1. The number of phosphoric acid groups is 1. The van der Waals surface area contributed by atoms with E-state index in [4.69, 9.17) is 45.4 Å². The molecule has 248 valence electrons. The van der Waals surface area contributed by atoms with E-state index in [9.17, 15) is 34.1 Å². The molecular formula is C20H26N11O13P2+. The van der Waals surface area contributed by atoms with E-state index in [2.05, 4.69) is 29.9 Å². The Morgan fingerprint density at radius 1 is 0.978 bits per heavy atom. The van der Waals surface area contributed by atoms with Crippen molar-refractivity contribution in [3.05, 3.63) is 23.0 Å². The minimum absolute atomic E-state index is 0.0449. The van der Waals surface area contributed by atoms with Crippen LogP contribution in [0.5, 0.6) is 0 Å². The van der Waals surface area contributed by atoms with Gasteiger partial charge < -0.3 is 51.6 Å². The monoisotopic (exact) mass is 690 g/mol. The lowest BCUT2D eigenvalue weighted by atomic mass is 10.1. The fraction of sp³-hybridized carbons (Fsp3) is 0.500. The number of ether oxygens (including phenoxy) is 3. The van der Waals surface area contributed by atoms with Gasteiger partial charge in [0.2, 0.25) is 11.9 Å². The van der Waals surface area contributed by atoms with Crippen LogP contribution in [0.4, 0.5) is 17.7 Å². The summed E-state index contributed by atoms with van der Waals surface area (Å²) < 4.78 is 53.3. The molecule has 0 radical (unpaired) electrons. The Balaban J connectivity index is 1.20. The zero-order valence-electron chi connectivity index (χ0n) is 22.9. The maximum absolute atomic E-state index is 13.1. The first-order chi connectivity index (χ1) is 21.7. The largest absolute Gasteiger partial charge is 0.534 e. The summed E-state index contributed by atoms with van der Waals surface area (Å²) in [5.74, 6) is -0.548. The molecule has 0 bridgehead atoms. The van der Waals surface area contributed by atoms with E-state index in [0.29, 0.717) is 0 Å². The molecule has 0 aromatic carbocycles. The number of rotatable bonds is 10. The summed E-state index contributed by atoms with van der Waals surface area (Å²) in [5.41, 5.74) is 16.2. The lowest BCUT2D eigenvalue weighted by Gasteiger charge is -2.24. The molecule has 6 rings (SSSR count). The molecule has 2 aliphatic rings. The normalized spacial score (nSPS) is 29.9. The van der Waals surface area contributed by atoms with Crippen LogP contribution in [0.1, 0.15) is 12.5 Å².